The minimum atomic E-state index is -0.535. The Kier molecular flexibility index (Phi) is 5.65. The molecule has 100 valence electrons. The van der Waals surface area contributed by atoms with Crippen molar-refractivity contribution in [3.05, 3.63) is 29.8 Å². The molecule has 0 aliphatic carbocycles. The number of carbonyl (C=O) groups excluding carboxylic acids is 1. The van der Waals surface area contributed by atoms with Crippen LogP contribution < -0.4 is 4.74 Å². The molecule has 0 heterocycles. The van der Waals surface area contributed by atoms with E-state index in [-0.39, 0.29) is 12.5 Å². The summed E-state index contributed by atoms with van der Waals surface area (Å²) in [6.45, 7) is 6.98. The Morgan fingerprint density at radius 3 is 2.61 bits per heavy atom. The van der Waals surface area contributed by atoms with E-state index < -0.39 is 6.10 Å². The Morgan fingerprint density at radius 2 is 2.06 bits per heavy atom. The van der Waals surface area contributed by atoms with E-state index >= 15 is 0 Å². The summed E-state index contributed by atoms with van der Waals surface area (Å²) < 4.78 is 5.44. The monoisotopic (exact) mass is 251 g/mol. The maximum Gasteiger partial charge on any atom is 0.260 e. The van der Waals surface area contributed by atoms with Gasteiger partial charge in [-0.2, -0.15) is 0 Å². The first kappa shape index (κ1) is 14.5. The van der Waals surface area contributed by atoms with E-state index in [9.17, 15) is 9.90 Å². The zero-order chi connectivity index (χ0) is 13.5. The van der Waals surface area contributed by atoms with Crippen LogP contribution in [0.4, 0.5) is 0 Å². The molecule has 4 heteroatoms. The van der Waals surface area contributed by atoms with Crippen molar-refractivity contribution in [2.75, 3.05) is 19.7 Å². The number of aliphatic hydroxyl groups excluding tert-OH is 1. The minimum Gasteiger partial charge on any atom is -0.484 e. The van der Waals surface area contributed by atoms with E-state index in [0.717, 1.165) is 5.56 Å². The van der Waals surface area contributed by atoms with Gasteiger partial charge in [0, 0.05) is 13.1 Å². The molecule has 0 saturated carbocycles. The normalized spacial score (nSPS) is 12.0. The number of hydrogen-bond acceptors (Lipinski definition) is 3. The molecule has 4 nitrogen and oxygen atoms in total. The van der Waals surface area contributed by atoms with Gasteiger partial charge in [0.05, 0.1) is 6.10 Å². The highest BCUT2D eigenvalue weighted by molar-refractivity contribution is 5.77. The van der Waals surface area contributed by atoms with Gasteiger partial charge in [-0.1, -0.05) is 12.1 Å². The van der Waals surface area contributed by atoms with E-state index in [1.54, 1.807) is 30.0 Å². The van der Waals surface area contributed by atoms with Crippen LogP contribution in [0.25, 0.3) is 0 Å². The molecule has 1 N–H and O–H groups in total. The summed E-state index contributed by atoms with van der Waals surface area (Å²) >= 11 is 0. The van der Waals surface area contributed by atoms with E-state index in [4.69, 9.17) is 4.74 Å². The lowest BCUT2D eigenvalue weighted by atomic mass is 10.1. The fraction of sp³-hybridized carbons (Fsp3) is 0.500. The quantitative estimate of drug-likeness (QED) is 0.841. The number of rotatable bonds is 6. The smallest absolute Gasteiger partial charge is 0.260 e. The first-order chi connectivity index (χ1) is 8.58. The first-order valence-corrected chi connectivity index (χ1v) is 6.27. The summed E-state index contributed by atoms with van der Waals surface area (Å²) in [4.78, 5) is 13.5. The number of benzene rings is 1. The average molecular weight is 251 g/mol. The number of aliphatic hydroxyl groups is 1. The van der Waals surface area contributed by atoms with Gasteiger partial charge < -0.3 is 14.7 Å². The van der Waals surface area contributed by atoms with Crippen LogP contribution in [0.1, 0.15) is 32.4 Å². The summed E-state index contributed by atoms with van der Waals surface area (Å²) in [5.41, 5.74) is 0.780. The van der Waals surface area contributed by atoms with Crippen molar-refractivity contribution in [3.8, 4) is 5.75 Å². The number of carbonyl (C=O) groups is 1. The number of hydrogen-bond donors (Lipinski definition) is 1. The zero-order valence-corrected chi connectivity index (χ0v) is 11.2. The highest BCUT2D eigenvalue weighted by Crippen LogP contribution is 2.18. The van der Waals surface area contributed by atoms with Crippen LogP contribution in [0.5, 0.6) is 5.75 Å². The molecule has 0 radical (unpaired) electrons. The fourth-order valence-electron chi connectivity index (χ4n) is 1.68. The zero-order valence-electron chi connectivity index (χ0n) is 11.2. The third-order valence-corrected chi connectivity index (χ3v) is 2.82. The molecule has 1 rings (SSSR count). The fourth-order valence-corrected chi connectivity index (χ4v) is 1.68. The van der Waals surface area contributed by atoms with Crippen molar-refractivity contribution >= 4 is 5.91 Å². The molecule has 1 aromatic rings. The molecule has 0 spiro atoms. The molecule has 0 unspecified atom stereocenters. The van der Waals surface area contributed by atoms with Crippen molar-refractivity contribution in [3.63, 3.8) is 0 Å². The number of nitrogens with zero attached hydrogens (tertiary/aromatic N) is 1. The highest BCUT2D eigenvalue weighted by Gasteiger charge is 2.10. The topological polar surface area (TPSA) is 49.8 Å². The summed E-state index contributed by atoms with van der Waals surface area (Å²) in [6, 6.07) is 7.16. The van der Waals surface area contributed by atoms with Gasteiger partial charge in [0.15, 0.2) is 6.61 Å². The number of likely N-dealkylation sites (N-methyl/N-ethyl adjacent to an activating group) is 1. The molecule has 0 aliphatic rings. The van der Waals surface area contributed by atoms with Gasteiger partial charge in [0.1, 0.15) is 5.75 Å². The molecule has 0 fully saturated rings. The second-order valence-corrected chi connectivity index (χ2v) is 4.10. The molecule has 1 aromatic carbocycles. The summed E-state index contributed by atoms with van der Waals surface area (Å²) in [6.07, 6.45) is -0.535. The Balaban J connectivity index is 2.58. The SMILES string of the molecule is CCN(CC)C(=O)COc1cccc([C@H](C)O)c1. The molecule has 0 aliphatic heterocycles. The van der Waals surface area contributed by atoms with Crippen molar-refractivity contribution in [1.82, 2.24) is 4.90 Å². The number of amides is 1. The van der Waals surface area contributed by atoms with Crippen molar-refractivity contribution in [1.29, 1.82) is 0 Å². The predicted molar refractivity (Wildman–Crippen MR) is 70.5 cm³/mol. The average Bonchev–Trinajstić information content (AvgIpc) is 2.38. The molecular weight excluding hydrogens is 230 g/mol. The first-order valence-electron chi connectivity index (χ1n) is 6.27. The lowest BCUT2D eigenvalue weighted by molar-refractivity contribution is -0.132. The van der Waals surface area contributed by atoms with Crippen molar-refractivity contribution in [2.24, 2.45) is 0 Å². The van der Waals surface area contributed by atoms with Crippen LogP contribution in [0.2, 0.25) is 0 Å². The van der Waals surface area contributed by atoms with Crippen LogP contribution in [0, 0.1) is 0 Å². The van der Waals surface area contributed by atoms with Crippen molar-refractivity contribution in [2.45, 2.75) is 26.9 Å². The number of ether oxygens (including phenoxy) is 1. The third kappa shape index (κ3) is 4.04. The summed E-state index contributed by atoms with van der Waals surface area (Å²) in [5.74, 6) is 0.580. The lowest BCUT2D eigenvalue weighted by Gasteiger charge is -2.18. The molecule has 0 aromatic heterocycles. The third-order valence-electron chi connectivity index (χ3n) is 2.82. The Morgan fingerprint density at radius 1 is 1.39 bits per heavy atom. The lowest BCUT2D eigenvalue weighted by Crippen LogP contribution is -2.34. The van der Waals surface area contributed by atoms with Crippen LogP contribution in [0.3, 0.4) is 0 Å². The van der Waals surface area contributed by atoms with Gasteiger partial charge in [-0.3, -0.25) is 4.79 Å². The Hall–Kier alpha value is -1.55. The molecule has 0 bridgehead atoms. The van der Waals surface area contributed by atoms with Gasteiger partial charge in [-0.25, -0.2) is 0 Å². The predicted octanol–water partition coefficient (Wildman–Crippen LogP) is 1.99. The van der Waals surface area contributed by atoms with Crippen LogP contribution >= 0.6 is 0 Å². The van der Waals surface area contributed by atoms with Crippen molar-refractivity contribution < 1.29 is 14.6 Å². The van der Waals surface area contributed by atoms with Crippen LogP contribution in [0.15, 0.2) is 24.3 Å². The van der Waals surface area contributed by atoms with Crippen LogP contribution in [-0.2, 0) is 4.79 Å². The maximum absolute atomic E-state index is 11.7. The summed E-state index contributed by atoms with van der Waals surface area (Å²) in [7, 11) is 0. The maximum atomic E-state index is 11.7. The minimum absolute atomic E-state index is 0.0255. The van der Waals surface area contributed by atoms with E-state index in [1.807, 2.05) is 19.9 Å². The standard InChI is InChI=1S/C14H21NO3/c1-4-15(5-2)14(17)10-18-13-8-6-7-12(9-13)11(3)16/h6-9,11,16H,4-5,10H2,1-3H3/t11-/m0/s1. The largest absolute Gasteiger partial charge is 0.484 e. The second kappa shape index (κ2) is 7.01. The molecule has 0 saturated heterocycles. The second-order valence-electron chi connectivity index (χ2n) is 4.10. The van der Waals surface area contributed by atoms with Gasteiger partial charge >= 0.3 is 0 Å². The molecule has 1 atom stereocenters. The van der Waals surface area contributed by atoms with E-state index in [1.165, 1.54) is 0 Å². The van der Waals surface area contributed by atoms with Gasteiger partial charge in [0.2, 0.25) is 0 Å². The van der Waals surface area contributed by atoms with Gasteiger partial charge in [-0.05, 0) is 38.5 Å². The summed E-state index contributed by atoms with van der Waals surface area (Å²) in [5, 5.41) is 9.46. The molecule has 1 amide bonds. The molecule has 18 heavy (non-hydrogen) atoms. The Labute approximate surface area is 108 Å². The van der Waals surface area contributed by atoms with Gasteiger partial charge in [0.25, 0.3) is 5.91 Å². The molecular formula is C14H21NO3. The van der Waals surface area contributed by atoms with E-state index in [0.29, 0.717) is 18.8 Å². The van der Waals surface area contributed by atoms with Gasteiger partial charge in [-0.15, -0.1) is 0 Å². The highest BCUT2D eigenvalue weighted by atomic mass is 16.5. The Bertz CT molecular complexity index is 386. The van der Waals surface area contributed by atoms with Crippen LogP contribution in [-0.4, -0.2) is 35.6 Å². The van der Waals surface area contributed by atoms with E-state index in [2.05, 4.69) is 0 Å².